The van der Waals surface area contributed by atoms with Crippen molar-refractivity contribution in [3.63, 3.8) is 0 Å². The second-order valence-electron chi connectivity index (χ2n) is 5.15. The molecule has 0 aromatic rings. The van der Waals surface area contributed by atoms with Crippen molar-refractivity contribution < 1.29 is 14.3 Å². The number of ketones is 1. The second kappa shape index (κ2) is 6.42. The number of Topliss-reactive ketones (excluding diaryl/α,β-unsaturated/α-hetero) is 1. The number of hydrogen-bond donors (Lipinski definition) is 1. The molecule has 0 aromatic heterocycles. The molecule has 0 saturated heterocycles. The Morgan fingerprint density at radius 3 is 2.24 bits per heavy atom. The summed E-state index contributed by atoms with van der Waals surface area (Å²) < 4.78 is 5.09. The van der Waals surface area contributed by atoms with Crippen LogP contribution >= 0.6 is 0 Å². The molecule has 1 amide bonds. The zero-order chi connectivity index (χ0) is 13.6. The minimum atomic E-state index is -0.533. The molecule has 98 valence electrons. The molecule has 1 atom stereocenters. The fourth-order valence-corrected chi connectivity index (χ4v) is 1.37. The number of ether oxygens (including phenoxy) is 1. The Hall–Kier alpha value is -1.32. The number of hydrogen-bond acceptors (Lipinski definition) is 3. The van der Waals surface area contributed by atoms with Crippen LogP contribution in [0.5, 0.6) is 0 Å². The molecule has 0 rings (SSSR count). The Kier molecular flexibility index (Phi) is 5.93. The summed E-state index contributed by atoms with van der Waals surface area (Å²) in [5.41, 5.74) is -0.0175. The minimum Gasteiger partial charge on any atom is -0.444 e. The van der Waals surface area contributed by atoms with Crippen molar-refractivity contribution in [3.05, 3.63) is 12.3 Å². The van der Waals surface area contributed by atoms with Gasteiger partial charge in [-0.05, 0) is 40.5 Å². The van der Waals surface area contributed by atoms with Crippen molar-refractivity contribution in [1.29, 1.82) is 0 Å². The Bertz CT molecular complexity index is 302. The predicted molar refractivity (Wildman–Crippen MR) is 67.6 cm³/mol. The molecule has 0 fully saturated rings. The first-order valence-corrected chi connectivity index (χ1v) is 5.84. The van der Waals surface area contributed by atoms with E-state index in [0.717, 1.165) is 6.42 Å². The molecule has 4 heteroatoms. The van der Waals surface area contributed by atoms with Crippen molar-refractivity contribution in [2.45, 2.75) is 53.1 Å². The Morgan fingerprint density at radius 1 is 1.35 bits per heavy atom. The van der Waals surface area contributed by atoms with E-state index in [0.29, 0.717) is 12.1 Å². The first-order valence-electron chi connectivity index (χ1n) is 5.84. The zero-order valence-corrected chi connectivity index (χ0v) is 11.4. The van der Waals surface area contributed by atoms with Crippen LogP contribution in [0.3, 0.4) is 0 Å². The third-order valence-electron chi connectivity index (χ3n) is 2.24. The highest BCUT2D eigenvalue weighted by molar-refractivity contribution is 5.78. The smallest absolute Gasteiger partial charge is 0.411 e. The van der Waals surface area contributed by atoms with Crippen molar-refractivity contribution >= 4 is 11.9 Å². The summed E-state index contributed by atoms with van der Waals surface area (Å²) in [4.78, 5) is 22.7. The van der Waals surface area contributed by atoms with Gasteiger partial charge >= 0.3 is 6.09 Å². The summed E-state index contributed by atoms with van der Waals surface area (Å²) in [6.45, 7) is 12.6. The lowest BCUT2D eigenvalue weighted by molar-refractivity contribution is -0.120. The van der Waals surface area contributed by atoms with Gasteiger partial charge in [0.05, 0.1) is 0 Å². The van der Waals surface area contributed by atoms with E-state index in [2.05, 4.69) is 11.9 Å². The van der Waals surface area contributed by atoms with Crippen LogP contribution in [0.15, 0.2) is 12.3 Å². The monoisotopic (exact) mass is 241 g/mol. The summed E-state index contributed by atoms with van der Waals surface area (Å²) in [6, 6.07) is 0. The van der Waals surface area contributed by atoms with Gasteiger partial charge in [0, 0.05) is 11.6 Å². The van der Waals surface area contributed by atoms with Gasteiger partial charge in [0.15, 0.2) is 0 Å². The maximum absolute atomic E-state index is 11.4. The van der Waals surface area contributed by atoms with Gasteiger partial charge < -0.3 is 4.74 Å². The topological polar surface area (TPSA) is 55.4 Å². The van der Waals surface area contributed by atoms with Gasteiger partial charge in [0.25, 0.3) is 0 Å². The molecule has 0 aliphatic carbocycles. The highest BCUT2D eigenvalue weighted by Crippen LogP contribution is 2.14. The molecule has 0 spiro atoms. The summed E-state index contributed by atoms with van der Waals surface area (Å²) in [7, 11) is 0. The molecule has 1 unspecified atom stereocenters. The Morgan fingerprint density at radius 2 is 1.88 bits per heavy atom. The quantitative estimate of drug-likeness (QED) is 0.805. The first kappa shape index (κ1) is 15.7. The third-order valence-corrected chi connectivity index (χ3v) is 2.24. The molecule has 0 bridgehead atoms. The van der Waals surface area contributed by atoms with E-state index in [1.165, 1.54) is 0 Å². The molecule has 0 heterocycles. The largest absolute Gasteiger partial charge is 0.444 e. The van der Waals surface area contributed by atoms with Gasteiger partial charge in [-0.1, -0.05) is 13.5 Å². The fourth-order valence-electron chi connectivity index (χ4n) is 1.37. The molecule has 1 N–H and O–H groups in total. The maximum Gasteiger partial charge on any atom is 0.411 e. The van der Waals surface area contributed by atoms with Crippen molar-refractivity contribution in [2.24, 2.45) is 5.92 Å². The number of alkyl carbamates (subject to hydrolysis) is 1. The molecule has 4 nitrogen and oxygen atoms in total. The molecule has 0 saturated carbocycles. The average molecular weight is 241 g/mol. The fraction of sp³-hybridized carbons (Fsp3) is 0.692. The van der Waals surface area contributed by atoms with Gasteiger partial charge in [-0.2, -0.15) is 0 Å². The van der Waals surface area contributed by atoms with E-state index >= 15 is 0 Å². The van der Waals surface area contributed by atoms with Crippen LogP contribution in [-0.4, -0.2) is 17.5 Å². The highest BCUT2D eigenvalue weighted by Gasteiger charge is 2.18. The van der Waals surface area contributed by atoms with Crippen LogP contribution in [0, 0.1) is 5.92 Å². The summed E-state index contributed by atoms with van der Waals surface area (Å²) in [5.74, 6) is 0.0251. The summed E-state index contributed by atoms with van der Waals surface area (Å²) in [6.07, 6.45) is 0.677. The highest BCUT2D eigenvalue weighted by atomic mass is 16.6. The van der Waals surface area contributed by atoms with Crippen molar-refractivity contribution in [1.82, 2.24) is 5.32 Å². The lowest BCUT2D eigenvalue weighted by Crippen LogP contribution is -2.32. The van der Waals surface area contributed by atoms with E-state index < -0.39 is 11.7 Å². The molecule has 0 radical (unpaired) electrons. The molecular weight excluding hydrogens is 218 g/mol. The van der Waals surface area contributed by atoms with E-state index in [1.807, 2.05) is 6.92 Å². The van der Waals surface area contributed by atoms with Crippen LogP contribution in [0.25, 0.3) is 0 Å². The van der Waals surface area contributed by atoms with E-state index in [9.17, 15) is 9.59 Å². The molecule has 0 aromatic carbocycles. The number of amides is 1. The third kappa shape index (κ3) is 7.55. The number of allylic oxidation sites excluding steroid dienone is 1. The lowest BCUT2D eigenvalue weighted by atomic mass is 9.97. The van der Waals surface area contributed by atoms with Gasteiger partial charge in [-0.15, -0.1) is 0 Å². The van der Waals surface area contributed by atoms with E-state index in [4.69, 9.17) is 4.74 Å². The zero-order valence-electron chi connectivity index (χ0n) is 11.4. The normalized spacial score (nSPS) is 12.8. The van der Waals surface area contributed by atoms with Gasteiger partial charge in [-0.25, -0.2) is 4.79 Å². The van der Waals surface area contributed by atoms with E-state index in [-0.39, 0.29) is 11.7 Å². The van der Waals surface area contributed by atoms with Gasteiger partial charge in [0.2, 0.25) is 0 Å². The van der Waals surface area contributed by atoms with Crippen LogP contribution in [-0.2, 0) is 9.53 Å². The predicted octanol–water partition coefficient (Wildman–Crippen LogP) is 3.03. The standard InChI is InChI=1S/C13H23NO3/c1-7-11(10(3)15)8-9(2)14-12(16)17-13(4,5)6/h11H,2,7-8H2,1,3-6H3,(H,14,16). The Balaban J connectivity index is 4.18. The summed E-state index contributed by atoms with van der Waals surface area (Å²) in [5, 5.41) is 2.55. The van der Waals surface area contributed by atoms with Crippen LogP contribution in [0.4, 0.5) is 4.79 Å². The molecule has 0 aliphatic heterocycles. The second-order valence-corrected chi connectivity index (χ2v) is 5.15. The van der Waals surface area contributed by atoms with Crippen LogP contribution in [0.2, 0.25) is 0 Å². The first-order chi connectivity index (χ1) is 7.65. The van der Waals surface area contributed by atoms with Crippen molar-refractivity contribution in [3.8, 4) is 0 Å². The summed E-state index contributed by atoms with van der Waals surface area (Å²) >= 11 is 0. The maximum atomic E-state index is 11.4. The SMILES string of the molecule is C=C(CC(CC)C(C)=O)NC(=O)OC(C)(C)C. The van der Waals surface area contributed by atoms with Gasteiger partial charge in [-0.3, -0.25) is 10.1 Å². The molecular formula is C13H23NO3. The number of carbonyl (C=O) groups excluding carboxylic acids is 2. The van der Waals surface area contributed by atoms with Crippen LogP contribution < -0.4 is 5.32 Å². The number of nitrogens with one attached hydrogen (secondary N) is 1. The van der Waals surface area contributed by atoms with Crippen LogP contribution in [0.1, 0.15) is 47.5 Å². The molecule has 17 heavy (non-hydrogen) atoms. The lowest BCUT2D eigenvalue weighted by Gasteiger charge is -2.21. The number of rotatable bonds is 5. The van der Waals surface area contributed by atoms with Gasteiger partial charge in [0.1, 0.15) is 11.4 Å². The van der Waals surface area contributed by atoms with E-state index in [1.54, 1.807) is 27.7 Å². The van der Waals surface area contributed by atoms with Crippen molar-refractivity contribution in [2.75, 3.05) is 0 Å². The number of carbonyl (C=O) groups is 2. The molecule has 0 aliphatic rings. The Labute approximate surface area is 103 Å². The average Bonchev–Trinajstić information content (AvgIpc) is 2.09. The minimum absolute atomic E-state index is 0.0857.